The third-order valence-electron chi connectivity index (χ3n) is 6.27. The van der Waals surface area contributed by atoms with E-state index in [1.807, 2.05) is 6.07 Å². The molecule has 10 heteroatoms. The molecule has 1 spiro atoms. The Morgan fingerprint density at radius 2 is 1.71 bits per heavy atom. The van der Waals surface area contributed by atoms with Gasteiger partial charge in [-0.05, 0) is 48.9 Å². The average molecular weight is 504 g/mol. The van der Waals surface area contributed by atoms with Crippen LogP contribution in [0.15, 0.2) is 18.3 Å². The molecule has 2 aliphatic rings. The molecular formula is C21H22Cl4N4O2. The molecule has 1 amide bonds. The van der Waals surface area contributed by atoms with Crippen molar-refractivity contribution in [1.82, 2.24) is 19.6 Å². The van der Waals surface area contributed by atoms with Gasteiger partial charge in [0.05, 0.1) is 21.3 Å². The van der Waals surface area contributed by atoms with Crippen LogP contribution in [0.3, 0.4) is 0 Å². The van der Waals surface area contributed by atoms with Crippen molar-refractivity contribution in [2.24, 2.45) is 5.41 Å². The summed E-state index contributed by atoms with van der Waals surface area (Å²) in [5.74, 6) is -0.263. The Kier molecular flexibility index (Phi) is 6.57. The summed E-state index contributed by atoms with van der Waals surface area (Å²) in [6, 6.07) is 3.27. The van der Waals surface area contributed by atoms with Crippen LogP contribution in [0, 0.1) is 5.41 Å². The summed E-state index contributed by atoms with van der Waals surface area (Å²) in [7, 11) is 0. The smallest absolute Gasteiger partial charge is 0.323 e. The molecule has 2 fully saturated rings. The van der Waals surface area contributed by atoms with E-state index < -0.39 is 0 Å². The Hall–Kier alpha value is -1.31. The lowest BCUT2D eigenvalue weighted by Gasteiger charge is -2.39. The molecule has 0 radical (unpaired) electrons. The number of nitrogens with zero attached hydrogens (tertiary/aromatic N) is 4. The second-order valence-electron chi connectivity index (χ2n) is 8.42. The maximum atomic E-state index is 12.8. The van der Waals surface area contributed by atoms with Gasteiger partial charge in [-0.3, -0.25) is 9.69 Å². The van der Waals surface area contributed by atoms with Gasteiger partial charge in [0.15, 0.2) is 5.78 Å². The first-order valence-electron chi connectivity index (χ1n) is 10.1. The van der Waals surface area contributed by atoms with Gasteiger partial charge in [0.25, 0.3) is 0 Å². The molecule has 2 saturated heterocycles. The third-order valence-corrected chi connectivity index (χ3v) is 7.61. The molecular weight excluding hydrogens is 482 g/mol. The van der Waals surface area contributed by atoms with Gasteiger partial charge < -0.3 is 4.90 Å². The number of hydrogen-bond acceptors (Lipinski definition) is 4. The highest BCUT2D eigenvalue weighted by molar-refractivity contribution is 6.43. The number of halogens is 4. The Morgan fingerprint density at radius 3 is 2.35 bits per heavy atom. The molecule has 0 saturated carbocycles. The highest BCUT2D eigenvalue weighted by atomic mass is 35.5. The lowest BCUT2D eigenvalue weighted by molar-refractivity contribution is 0.101. The number of carbonyl (C=O) groups is 2. The van der Waals surface area contributed by atoms with Crippen LogP contribution < -0.4 is 0 Å². The van der Waals surface area contributed by atoms with Crippen LogP contribution in [-0.4, -0.2) is 57.6 Å². The predicted molar refractivity (Wildman–Crippen MR) is 123 cm³/mol. The molecule has 2 aliphatic heterocycles. The van der Waals surface area contributed by atoms with Crippen LogP contribution in [0.1, 0.15) is 42.2 Å². The highest BCUT2D eigenvalue weighted by Gasteiger charge is 2.41. The number of aromatic nitrogens is 2. The number of Topliss-reactive ketones (excluding diaryl/α,β-unsaturated/α-hetero) is 1. The van der Waals surface area contributed by atoms with Crippen molar-refractivity contribution >= 4 is 58.2 Å². The fraction of sp³-hybridized carbons (Fsp3) is 0.476. The number of hydrogen-bond donors (Lipinski definition) is 0. The van der Waals surface area contributed by atoms with E-state index in [1.54, 1.807) is 11.0 Å². The second-order valence-corrected chi connectivity index (χ2v) is 10.0. The number of rotatable bonds is 3. The van der Waals surface area contributed by atoms with E-state index in [0.29, 0.717) is 34.7 Å². The van der Waals surface area contributed by atoms with E-state index in [2.05, 4.69) is 10.00 Å². The minimum atomic E-state index is -0.263. The predicted octanol–water partition coefficient (Wildman–Crippen LogP) is 5.66. The van der Waals surface area contributed by atoms with E-state index >= 15 is 0 Å². The molecule has 2 aromatic rings. The first-order valence-corrected chi connectivity index (χ1v) is 11.6. The summed E-state index contributed by atoms with van der Waals surface area (Å²) in [6.45, 7) is 5.27. The van der Waals surface area contributed by atoms with Gasteiger partial charge >= 0.3 is 6.03 Å². The standard InChI is InChI=1S/C21H22Cl4N4O2/c1-13(30)19-17(24)11-29(26-19)20(31)28-6-3-21(4-7-28)2-5-27(12-21)10-14-8-15(22)9-16(23)18(14)25/h8-9,11H,2-7,10,12H2,1H3. The first-order chi connectivity index (χ1) is 14.7. The van der Waals surface area contributed by atoms with E-state index in [-0.39, 0.29) is 27.9 Å². The van der Waals surface area contributed by atoms with Crippen molar-refractivity contribution in [3.8, 4) is 0 Å². The Balaban J connectivity index is 1.37. The quantitative estimate of drug-likeness (QED) is 0.400. The van der Waals surface area contributed by atoms with E-state index in [4.69, 9.17) is 46.4 Å². The van der Waals surface area contributed by atoms with Crippen molar-refractivity contribution in [3.05, 3.63) is 49.7 Å². The molecule has 6 nitrogen and oxygen atoms in total. The summed E-state index contributed by atoms with van der Waals surface area (Å²) < 4.78 is 1.17. The molecule has 1 aromatic carbocycles. The molecule has 31 heavy (non-hydrogen) atoms. The van der Waals surface area contributed by atoms with Crippen LogP contribution in [0.4, 0.5) is 4.79 Å². The van der Waals surface area contributed by atoms with Gasteiger partial charge in [-0.2, -0.15) is 9.78 Å². The fourth-order valence-electron chi connectivity index (χ4n) is 4.54. The number of ketones is 1. The summed E-state index contributed by atoms with van der Waals surface area (Å²) in [4.78, 5) is 28.5. The third kappa shape index (κ3) is 4.74. The molecule has 0 N–H and O–H groups in total. The van der Waals surface area contributed by atoms with Gasteiger partial charge in [-0.1, -0.05) is 46.4 Å². The number of benzene rings is 1. The molecule has 0 unspecified atom stereocenters. The molecule has 166 valence electrons. The van der Waals surface area contributed by atoms with Crippen LogP contribution in [0.2, 0.25) is 20.1 Å². The SMILES string of the molecule is CC(=O)c1nn(C(=O)N2CCC3(CCN(Cc4cc(Cl)cc(Cl)c4Cl)C3)CC2)cc1Cl. The van der Waals surface area contributed by atoms with E-state index in [1.165, 1.54) is 17.8 Å². The van der Waals surface area contributed by atoms with Gasteiger partial charge in [-0.15, -0.1) is 0 Å². The highest BCUT2D eigenvalue weighted by Crippen LogP contribution is 2.41. The zero-order valence-electron chi connectivity index (χ0n) is 17.0. The topological polar surface area (TPSA) is 58.4 Å². The summed E-state index contributed by atoms with van der Waals surface area (Å²) in [5.41, 5.74) is 1.23. The van der Waals surface area contributed by atoms with Crippen molar-refractivity contribution in [1.29, 1.82) is 0 Å². The van der Waals surface area contributed by atoms with Crippen LogP contribution in [-0.2, 0) is 6.54 Å². The normalized spacial score (nSPS) is 18.7. The number of likely N-dealkylation sites (tertiary alicyclic amines) is 2. The minimum Gasteiger partial charge on any atom is -0.323 e. The maximum absolute atomic E-state index is 12.8. The Labute approximate surface area is 201 Å². The first kappa shape index (κ1) is 22.9. The Morgan fingerprint density at radius 1 is 1.03 bits per heavy atom. The Bertz CT molecular complexity index is 1030. The van der Waals surface area contributed by atoms with Gasteiger partial charge in [-0.25, -0.2) is 4.79 Å². The molecule has 3 heterocycles. The molecule has 0 atom stereocenters. The molecule has 0 aliphatic carbocycles. The van der Waals surface area contributed by atoms with Gasteiger partial charge in [0.1, 0.15) is 5.69 Å². The molecule has 0 bridgehead atoms. The average Bonchev–Trinajstić information content (AvgIpc) is 3.29. The number of piperidine rings is 1. The molecule has 1 aromatic heterocycles. The van der Waals surface area contributed by atoms with Gasteiger partial charge in [0, 0.05) is 38.1 Å². The van der Waals surface area contributed by atoms with Crippen molar-refractivity contribution in [2.75, 3.05) is 26.2 Å². The molecule has 4 rings (SSSR count). The van der Waals surface area contributed by atoms with E-state index in [9.17, 15) is 9.59 Å². The second kappa shape index (κ2) is 8.91. The number of amides is 1. The van der Waals surface area contributed by atoms with Crippen molar-refractivity contribution in [3.63, 3.8) is 0 Å². The lowest BCUT2D eigenvalue weighted by atomic mass is 9.78. The largest absolute Gasteiger partial charge is 0.344 e. The van der Waals surface area contributed by atoms with Crippen LogP contribution in [0.5, 0.6) is 0 Å². The summed E-state index contributed by atoms with van der Waals surface area (Å²) in [5, 5.41) is 5.85. The fourth-order valence-corrected chi connectivity index (χ4v) is 5.51. The van der Waals surface area contributed by atoms with Crippen molar-refractivity contribution in [2.45, 2.75) is 32.7 Å². The van der Waals surface area contributed by atoms with Gasteiger partial charge in [0.2, 0.25) is 0 Å². The summed E-state index contributed by atoms with van der Waals surface area (Å²) >= 11 is 24.7. The number of carbonyl (C=O) groups excluding carboxylic acids is 2. The van der Waals surface area contributed by atoms with Crippen LogP contribution in [0.25, 0.3) is 0 Å². The lowest BCUT2D eigenvalue weighted by Crippen LogP contribution is -2.45. The zero-order valence-corrected chi connectivity index (χ0v) is 20.0. The van der Waals surface area contributed by atoms with Crippen molar-refractivity contribution < 1.29 is 9.59 Å². The minimum absolute atomic E-state index is 0.120. The monoisotopic (exact) mass is 502 g/mol. The van der Waals surface area contributed by atoms with Crippen LogP contribution >= 0.6 is 46.4 Å². The van der Waals surface area contributed by atoms with E-state index in [0.717, 1.165) is 37.9 Å². The maximum Gasteiger partial charge on any atom is 0.344 e. The summed E-state index contributed by atoms with van der Waals surface area (Å²) in [6.07, 6.45) is 4.30. The zero-order chi connectivity index (χ0) is 22.3.